The Morgan fingerprint density at radius 1 is 1.03 bits per heavy atom. The number of furan rings is 1. The molecule has 0 spiro atoms. The lowest BCUT2D eigenvalue weighted by Gasteiger charge is -2.27. The van der Waals surface area contributed by atoms with Gasteiger partial charge in [-0.2, -0.15) is 0 Å². The minimum Gasteiger partial charge on any atom is -0.467 e. The molecule has 1 saturated heterocycles. The maximum absolute atomic E-state index is 13.2. The van der Waals surface area contributed by atoms with Gasteiger partial charge in [0.2, 0.25) is 5.91 Å². The number of carbonyl (C=O) groups is 3. The largest absolute Gasteiger partial charge is 0.467 e. The van der Waals surface area contributed by atoms with Crippen molar-refractivity contribution < 1.29 is 27.6 Å². The third-order valence-corrected chi connectivity index (χ3v) is 4.85. The number of urea groups is 1. The first-order valence-electron chi connectivity index (χ1n) is 9.40. The summed E-state index contributed by atoms with van der Waals surface area (Å²) in [7, 11) is 0. The number of halogens is 2. The van der Waals surface area contributed by atoms with Crippen molar-refractivity contribution in [1.29, 1.82) is 0 Å². The molecule has 0 unspecified atom stereocenters. The molecule has 1 aliphatic rings. The summed E-state index contributed by atoms with van der Waals surface area (Å²) in [6.07, 6.45) is 1.19. The van der Waals surface area contributed by atoms with E-state index >= 15 is 0 Å². The molecule has 0 saturated carbocycles. The van der Waals surface area contributed by atoms with Gasteiger partial charge in [-0.3, -0.25) is 9.59 Å². The summed E-state index contributed by atoms with van der Waals surface area (Å²) in [6, 6.07) is 11.6. The van der Waals surface area contributed by atoms with Crippen LogP contribution in [0.3, 0.4) is 0 Å². The lowest BCUT2D eigenvalue weighted by Crippen LogP contribution is -2.46. The van der Waals surface area contributed by atoms with E-state index in [9.17, 15) is 23.2 Å². The average molecular weight is 425 g/mol. The standard InChI is InChI=1S/C22H17F2N3O4/c23-14-3-7-16(8-4-14)25-22(30)26(13-18-2-1-11-31-18)19-12-20(28)27(21(19)29)17-9-5-15(24)6-10-17/h1-11,19H,12-13H2,(H,25,30)/t19-/m0/s1. The molecule has 4 amide bonds. The molecule has 1 atom stereocenters. The molecule has 4 rings (SSSR count). The van der Waals surface area contributed by atoms with Gasteiger partial charge >= 0.3 is 6.03 Å². The highest BCUT2D eigenvalue weighted by molar-refractivity contribution is 6.23. The van der Waals surface area contributed by atoms with Crippen LogP contribution in [-0.2, 0) is 16.1 Å². The molecule has 158 valence electrons. The molecule has 1 N–H and O–H groups in total. The number of nitrogens with zero attached hydrogens (tertiary/aromatic N) is 2. The topological polar surface area (TPSA) is 82.9 Å². The van der Waals surface area contributed by atoms with Crippen LogP contribution < -0.4 is 10.2 Å². The Kier molecular flexibility index (Phi) is 5.48. The summed E-state index contributed by atoms with van der Waals surface area (Å²) >= 11 is 0. The van der Waals surface area contributed by atoms with Crippen LogP contribution in [0.5, 0.6) is 0 Å². The highest BCUT2D eigenvalue weighted by Gasteiger charge is 2.44. The first-order valence-corrected chi connectivity index (χ1v) is 9.40. The number of nitrogens with one attached hydrogen (secondary N) is 1. The molecule has 2 heterocycles. The van der Waals surface area contributed by atoms with E-state index in [4.69, 9.17) is 4.42 Å². The van der Waals surface area contributed by atoms with E-state index in [0.29, 0.717) is 11.4 Å². The molecule has 7 nitrogen and oxygen atoms in total. The first kappa shape index (κ1) is 20.3. The van der Waals surface area contributed by atoms with Crippen LogP contribution in [0.1, 0.15) is 12.2 Å². The number of benzene rings is 2. The fraction of sp³-hybridized carbons (Fsp3) is 0.136. The number of amides is 4. The van der Waals surface area contributed by atoms with Crippen LogP contribution in [0, 0.1) is 11.6 Å². The highest BCUT2D eigenvalue weighted by atomic mass is 19.1. The molecule has 2 aromatic carbocycles. The van der Waals surface area contributed by atoms with Gasteiger partial charge < -0.3 is 14.6 Å². The molecule has 0 aliphatic carbocycles. The number of hydrogen-bond donors (Lipinski definition) is 1. The number of imide groups is 1. The third-order valence-electron chi connectivity index (χ3n) is 4.85. The summed E-state index contributed by atoms with van der Waals surface area (Å²) in [5.41, 5.74) is 0.541. The molecule has 0 bridgehead atoms. The van der Waals surface area contributed by atoms with E-state index in [2.05, 4.69) is 5.32 Å². The van der Waals surface area contributed by atoms with Gasteiger partial charge in [0.15, 0.2) is 0 Å². The van der Waals surface area contributed by atoms with Crippen molar-refractivity contribution in [2.45, 2.75) is 19.0 Å². The Balaban J connectivity index is 1.60. The molecule has 1 fully saturated rings. The zero-order valence-corrected chi connectivity index (χ0v) is 16.1. The fourth-order valence-electron chi connectivity index (χ4n) is 3.34. The van der Waals surface area contributed by atoms with Gasteiger partial charge in [-0.1, -0.05) is 0 Å². The molecule has 1 aliphatic heterocycles. The Morgan fingerprint density at radius 3 is 2.29 bits per heavy atom. The Labute approximate surface area is 175 Å². The van der Waals surface area contributed by atoms with Crippen LogP contribution in [0.4, 0.5) is 25.0 Å². The van der Waals surface area contributed by atoms with Crippen molar-refractivity contribution in [3.8, 4) is 0 Å². The molecule has 9 heteroatoms. The maximum Gasteiger partial charge on any atom is 0.322 e. The van der Waals surface area contributed by atoms with Crippen molar-refractivity contribution >= 4 is 29.2 Å². The Morgan fingerprint density at radius 2 is 1.68 bits per heavy atom. The third kappa shape index (κ3) is 4.30. The van der Waals surface area contributed by atoms with Crippen LogP contribution in [0.25, 0.3) is 0 Å². The van der Waals surface area contributed by atoms with Crippen molar-refractivity contribution in [3.63, 3.8) is 0 Å². The second-order valence-corrected chi connectivity index (χ2v) is 6.91. The van der Waals surface area contributed by atoms with Crippen molar-refractivity contribution in [1.82, 2.24) is 4.90 Å². The lowest BCUT2D eigenvalue weighted by molar-refractivity contribution is -0.122. The number of anilines is 2. The predicted octanol–water partition coefficient (Wildman–Crippen LogP) is 3.92. The van der Waals surface area contributed by atoms with E-state index in [0.717, 1.165) is 17.0 Å². The molecule has 31 heavy (non-hydrogen) atoms. The van der Waals surface area contributed by atoms with Crippen molar-refractivity contribution in [2.75, 3.05) is 10.2 Å². The minimum absolute atomic E-state index is 0.0685. The maximum atomic E-state index is 13.2. The lowest BCUT2D eigenvalue weighted by atomic mass is 10.2. The molecular formula is C22H17F2N3O4. The van der Waals surface area contributed by atoms with Crippen molar-refractivity contribution in [3.05, 3.63) is 84.3 Å². The summed E-state index contributed by atoms with van der Waals surface area (Å²) in [5.74, 6) is -1.68. The van der Waals surface area contributed by atoms with Gasteiger partial charge in [0.25, 0.3) is 5.91 Å². The van der Waals surface area contributed by atoms with Crippen LogP contribution in [0.15, 0.2) is 71.3 Å². The van der Waals surface area contributed by atoms with Crippen molar-refractivity contribution in [2.24, 2.45) is 0 Å². The van der Waals surface area contributed by atoms with E-state index in [1.165, 1.54) is 47.6 Å². The second-order valence-electron chi connectivity index (χ2n) is 6.91. The smallest absolute Gasteiger partial charge is 0.322 e. The normalized spacial score (nSPS) is 15.9. The summed E-state index contributed by atoms with van der Waals surface area (Å²) in [4.78, 5) is 40.8. The van der Waals surface area contributed by atoms with Crippen LogP contribution in [0.2, 0.25) is 0 Å². The van der Waals surface area contributed by atoms with Gasteiger partial charge in [-0.25, -0.2) is 18.5 Å². The fourth-order valence-corrected chi connectivity index (χ4v) is 3.34. The van der Waals surface area contributed by atoms with Crippen LogP contribution in [-0.4, -0.2) is 28.8 Å². The second kappa shape index (κ2) is 8.39. The number of rotatable bonds is 5. The average Bonchev–Trinajstić information content (AvgIpc) is 3.36. The summed E-state index contributed by atoms with van der Waals surface area (Å²) < 4.78 is 31.7. The highest BCUT2D eigenvalue weighted by Crippen LogP contribution is 2.27. The van der Waals surface area contributed by atoms with E-state index < -0.39 is 35.5 Å². The molecular weight excluding hydrogens is 408 g/mol. The molecule has 0 radical (unpaired) electrons. The van der Waals surface area contributed by atoms with E-state index in [1.54, 1.807) is 12.1 Å². The quantitative estimate of drug-likeness (QED) is 0.628. The van der Waals surface area contributed by atoms with E-state index in [-0.39, 0.29) is 18.7 Å². The molecule has 3 aromatic rings. The summed E-state index contributed by atoms with van der Waals surface area (Å²) in [6.45, 7) is -0.0685. The zero-order valence-electron chi connectivity index (χ0n) is 16.1. The zero-order chi connectivity index (χ0) is 22.0. The van der Waals surface area contributed by atoms with Crippen LogP contribution >= 0.6 is 0 Å². The molecule has 1 aromatic heterocycles. The van der Waals surface area contributed by atoms with Gasteiger partial charge in [-0.05, 0) is 60.7 Å². The van der Waals surface area contributed by atoms with Gasteiger partial charge in [0.1, 0.15) is 23.4 Å². The van der Waals surface area contributed by atoms with Gasteiger partial charge in [-0.15, -0.1) is 0 Å². The Bertz CT molecular complexity index is 1100. The minimum atomic E-state index is -1.09. The number of carbonyl (C=O) groups excluding carboxylic acids is 3. The first-order chi connectivity index (χ1) is 14.9. The van der Waals surface area contributed by atoms with Gasteiger partial charge in [0, 0.05) is 5.69 Å². The predicted molar refractivity (Wildman–Crippen MR) is 107 cm³/mol. The van der Waals surface area contributed by atoms with Gasteiger partial charge in [0.05, 0.1) is 24.9 Å². The number of hydrogen-bond acceptors (Lipinski definition) is 4. The SMILES string of the molecule is O=C1C[C@H](N(Cc2ccco2)C(=O)Nc2ccc(F)cc2)C(=O)N1c1ccc(F)cc1. The Hall–Kier alpha value is -4.01. The van der Waals surface area contributed by atoms with E-state index in [1.807, 2.05) is 0 Å². The monoisotopic (exact) mass is 425 g/mol. The summed E-state index contributed by atoms with van der Waals surface area (Å²) in [5, 5.41) is 2.60.